The van der Waals surface area contributed by atoms with Gasteiger partial charge in [-0.2, -0.15) is 5.26 Å². The Morgan fingerprint density at radius 3 is 2.38 bits per heavy atom. The number of methoxy groups -OCH3 is 1. The minimum Gasteiger partial charge on any atom is -0.483 e. The van der Waals surface area contributed by atoms with Crippen molar-refractivity contribution in [2.75, 3.05) is 24.4 Å². The van der Waals surface area contributed by atoms with E-state index in [2.05, 4.69) is 31.3 Å². The Balaban J connectivity index is 1.72. The van der Waals surface area contributed by atoms with Gasteiger partial charge in [0.05, 0.1) is 12.7 Å². The Kier molecular flexibility index (Phi) is 9.44. The van der Waals surface area contributed by atoms with Crippen molar-refractivity contribution in [2.24, 2.45) is 0 Å². The van der Waals surface area contributed by atoms with E-state index in [1.807, 2.05) is 13.0 Å². The van der Waals surface area contributed by atoms with E-state index in [1.54, 1.807) is 36.4 Å². The molecule has 0 saturated heterocycles. The van der Waals surface area contributed by atoms with Crippen LogP contribution in [0.3, 0.4) is 0 Å². The van der Waals surface area contributed by atoms with Gasteiger partial charge >= 0.3 is 5.97 Å². The van der Waals surface area contributed by atoms with E-state index in [-0.39, 0.29) is 12.2 Å². The number of hydrogen-bond acceptors (Lipinski definition) is 6. The van der Waals surface area contributed by atoms with E-state index in [9.17, 15) is 19.6 Å². The first-order valence-corrected chi connectivity index (χ1v) is 12.0. The molecule has 0 saturated carbocycles. The maximum Gasteiger partial charge on any atom is 0.337 e. The van der Waals surface area contributed by atoms with E-state index in [0.29, 0.717) is 37.7 Å². The molecule has 2 N–H and O–H groups in total. The van der Waals surface area contributed by atoms with Crippen LogP contribution in [-0.2, 0) is 14.3 Å². The van der Waals surface area contributed by atoms with Crippen molar-refractivity contribution in [3.05, 3.63) is 92.4 Å². The number of rotatable bonds is 8. The largest absolute Gasteiger partial charge is 0.483 e. The molecule has 2 amide bonds. The minimum atomic E-state index is -0.659. The van der Waals surface area contributed by atoms with Crippen LogP contribution in [0.1, 0.15) is 21.5 Å². The average Bonchev–Trinajstić information content (AvgIpc) is 2.88. The third-order valence-corrected chi connectivity index (χ3v) is 5.92. The van der Waals surface area contributed by atoms with Crippen LogP contribution in [0.15, 0.2) is 70.7 Å². The lowest BCUT2D eigenvalue weighted by molar-refractivity contribution is -0.118. The summed E-state index contributed by atoms with van der Waals surface area (Å²) in [4.78, 5) is 36.7. The number of anilines is 2. The van der Waals surface area contributed by atoms with Gasteiger partial charge in [-0.15, -0.1) is 0 Å². The molecular weight excluding hydrogens is 562 g/mol. The summed E-state index contributed by atoms with van der Waals surface area (Å²) in [6, 6.07) is 18.0. The number of carbonyl (C=O) groups excluding carboxylic acids is 3. The molecule has 3 aromatic rings. The quantitative estimate of drug-likeness (QED) is 0.198. The molecule has 0 aromatic heterocycles. The number of amides is 2. The second kappa shape index (κ2) is 12.7. The lowest BCUT2D eigenvalue weighted by atomic mass is 10.1. The number of nitrogens with zero attached hydrogens (tertiary/aromatic N) is 1. The summed E-state index contributed by atoms with van der Waals surface area (Å²) >= 11 is 9.46. The maximum absolute atomic E-state index is 12.7. The number of benzene rings is 3. The van der Waals surface area contributed by atoms with Crippen LogP contribution in [0.25, 0.3) is 6.08 Å². The summed E-state index contributed by atoms with van der Waals surface area (Å²) in [6.45, 7) is 1.55. The molecule has 37 heavy (non-hydrogen) atoms. The Morgan fingerprint density at radius 1 is 1.03 bits per heavy atom. The summed E-state index contributed by atoms with van der Waals surface area (Å²) in [5, 5.41) is 15.4. The fourth-order valence-electron chi connectivity index (χ4n) is 3.08. The van der Waals surface area contributed by atoms with Crippen molar-refractivity contribution >= 4 is 62.8 Å². The molecule has 0 aliphatic heterocycles. The molecule has 0 bridgehead atoms. The van der Waals surface area contributed by atoms with Gasteiger partial charge in [0.1, 0.15) is 17.4 Å². The zero-order valence-electron chi connectivity index (χ0n) is 19.8. The number of nitrogens with one attached hydrogen (secondary N) is 2. The third-order valence-electron chi connectivity index (χ3n) is 5.01. The molecule has 0 atom stereocenters. The average molecular weight is 583 g/mol. The van der Waals surface area contributed by atoms with E-state index in [0.717, 1.165) is 5.56 Å². The van der Waals surface area contributed by atoms with Crippen molar-refractivity contribution in [1.82, 2.24) is 0 Å². The highest BCUT2D eigenvalue weighted by atomic mass is 79.9. The number of carbonyl (C=O) groups is 3. The van der Waals surface area contributed by atoms with Crippen molar-refractivity contribution in [1.29, 1.82) is 5.26 Å². The van der Waals surface area contributed by atoms with Crippen LogP contribution in [-0.4, -0.2) is 31.5 Å². The lowest BCUT2D eigenvalue weighted by Gasteiger charge is -2.11. The first-order chi connectivity index (χ1) is 17.7. The van der Waals surface area contributed by atoms with Gasteiger partial charge < -0.3 is 20.1 Å². The highest BCUT2D eigenvalue weighted by Gasteiger charge is 2.14. The molecule has 0 aliphatic rings. The molecular formula is C27H21BrClN3O5. The second-order valence-corrected chi connectivity index (χ2v) is 9.00. The molecule has 0 radical (unpaired) electrons. The van der Waals surface area contributed by atoms with Gasteiger partial charge in [-0.1, -0.05) is 33.6 Å². The van der Waals surface area contributed by atoms with Gasteiger partial charge in [0, 0.05) is 26.4 Å². The van der Waals surface area contributed by atoms with Crippen molar-refractivity contribution < 1.29 is 23.9 Å². The number of nitriles is 1. The van der Waals surface area contributed by atoms with Crippen LogP contribution >= 0.6 is 27.5 Å². The molecule has 8 nitrogen and oxygen atoms in total. The Hall–Kier alpha value is -4.13. The van der Waals surface area contributed by atoms with Gasteiger partial charge in [-0.05, 0) is 73.2 Å². The SMILES string of the molecule is COC(=O)c1ccc(NC(=O)/C(C#N)=C\c2cc(Br)ccc2OCC(=O)Nc2ccc(C)c(Cl)c2)cc1. The highest BCUT2D eigenvalue weighted by molar-refractivity contribution is 9.10. The summed E-state index contributed by atoms with van der Waals surface area (Å²) in [7, 11) is 1.27. The molecule has 3 aromatic carbocycles. The van der Waals surface area contributed by atoms with Crippen molar-refractivity contribution in [3.63, 3.8) is 0 Å². The maximum atomic E-state index is 12.7. The zero-order chi connectivity index (χ0) is 26.9. The molecule has 0 aliphatic carbocycles. The van der Waals surface area contributed by atoms with E-state index >= 15 is 0 Å². The van der Waals surface area contributed by atoms with Gasteiger partial charge in [0.15, 0.2) is 6.61 Å². The summed E-state index contributed by atoms with van der Waals surface area (Å²) in [5.41, 5.74) is 2.34. The standard InChI is InChI=1S/C27H21BrClN3O5/c1-16-3-7-22(13-23(16)29)31-25(33)15-37-24-10-6-20(28)12-18(24)11-19(14-30)26(34)32-21-8-4-17(5-9-21)27(35)36-2/h3-13H,15H2,1-2H3,(H,31,33)(H,32,34)/b19-11-. The number of ether oxygens (including phenoxy) is 2. The predicted molar refractivity (Wildman–Crippen MR) is 144 cm³/mol. The minimum absolute atomic E-state index is 0.196. The molecule has 0 unspecified atom stereocenters. The number of hydrogen-bond donors (Lipinski definition) is 2. The van der Waals surface area contributed by atoms with Crippen LogP contribution in [0.5, 0.6) is 5.75 Å². The topological polar surface area (TPSA) is 118 Å². The van der Waals surface area contributed by atoms with E-state index in [1.165, 1.54) is 37.5 Å². The third kappa shape index (κ3) is 7.67. The van der Waals surface area contributed by atoms with Crippen LogP contribution < -0.4 is 15.4 Å². The van der Waals surface area contributed by atoms with E-state index < -0.39 is 17.8 Å². The zero-order valence-corrected chi connectivity index (χ0v) is 22.1. The van der Waals surface area contributed by atoms with Crippen LogP contribution in [0.2, 0.25) is 5.02 Å². The normalized spacial score (nSPS) is 10.7. The van der Waals surface area contributed by atoms with Crippen molar-refractivity contribution in [3.8, 4) is 11.8 Å². The Bertz CT molecular complexity index is 1410. The van der Waals surface area contributed by atoms with Gasteiger partial charge in [-0.25, -0.2) is 4.79 Å². The summed E-state index contributed by atoms with van der Waals surface area (Å²) in [5.74, 6) is -1.28. The van der Waals surface area contributed by atoms with Gasteiger partial charge in [0.25, 0.3) is 11.8 Å². The smallest absolute Gasteiger partial charge is 0.337 e. The Labute approximate surface area is 227 Å². The fourth-order valence-corrected chi connectivity index (χ4v) is 3.64. The van der Waals surface area contributed by atoms with Gasteiger partial charge in [-0.3, -0.25) is 9.59 Å². The van der Waals surface area contributed by atoms with Crippen molar-refractivity contribution in [2.45, 2.75) is 6.92 Å². The summed E-state index contributed by atoms with van der Waals surface area (Å²) in [6.07, 6.45) is 1.36. The monoisotopic (exact) mass is 581 g/mol. The second-order valence-electron chi connectivity index (χ2n) is 7.68. The molecule has 0 spiro atoms. The van der Waals surface area contributed by atoms with E-state index in [4.69, 9.17) is 16.3 Å². The first kappa shape index (κ1) is 27.5. The molecule has 3 rings (SSSR count). The Morgan fingerprint density at radius 2 is 1.73 bits per heavy atom. The first-order valence-electron chi connectivity index (χ1n) is 10.8. The fraction of sp³-hybridized carbons (Fsp3) is 0.111. The van der Waals surface area contributed by atoms with Crippen LogP contribution in [0, 0.1) is 18.3 Å². The number of halogens is 2. The molecule has 0 fully saturated rings. The molecule has 0 heterocycles. The van der Waals surface area contributed by atoms with Crippen LogP contribution in [0.4, 0.5) is 11.4 Å². The highest BCUT2D eigenvalue weighted by Crippen LogP contribution is 2.26. The van der Waals surface area contributed by atoms with Gasteiger partial charge in [0.2, 0.25) is 0 Å². The number of aryl methyl sites for hydroxylation is 1. The number of esters is 1. The lowest BCUT2D eigenvalue weighted by Crippen LogP contribution is -2.20. The summed E-state index contributed by atoms with van der Waals surface area (Å²) < 4.78 is 11.0. The predicted octanol–water partition coefficient (Wildman–Crippen LogP) is 5.76. The molecule has 10 heteroatoms. The molecule has 188 valence electrons.